The third-order valence-electron chi connectivity index (χ3n) is 4.17. The first-order chi connectivity index (χ1) is 13.3. The number of aryl methyl sites for hydroxylation is 2. The summed E-state index contributed by atoms with van der Waals surface area (Å²) in [4.78, 5) is 12.0. The van der Waals surface area contributed by atoms with Crippen LogP contribution in [0.5, 0.6) is 5.75 Å². The van der Waals surface area contributed by atoms with Crippen LogP contribution in [0.25, 0.3) is 0 Å². The van der Waals surface area contributed by atoms with Gasteiger partial charge in [-0.2, -0.15) is 0 Å². The van der Waals surface area contributed by atoms with Crippen LogP contribution < -0.4 is 14.4 Å². The monoisotopic (exact) mass is 404 g/mol. The molecule has 0 aliphatic heterocycles. The van der Waals surface area contributed by atoms with Crippen molar-refractivity contribution < 1.29 is 17.9 Å². The second-order valence-corrected chi connectivity index (χ2v) is 8.70. The largest absolute Gasteiger partial charge is 0.492 e. The average molecular weight is 405 g/mol. The summed E-state index contributed by atoms with van der Waals surface area (Å²) < 4.78 is 31.1. The molecule has 0 aliphatic carbocycles. The normalized spacial score (nSPS) is 11.1. The van der Waals surface area contributed by atoms with Gasteiger partial charge in [0.25, 0.3) is 0 Å². The van der Waals surface area contributed by atoms with Gasteiger partial charge in [0.1, 0.15) is 12.4 Å². The summed E-state index contributed by atoms with van der Waals surface area (Å²) in [7, 11) is -3.41. The lowest BCUT2D eigenvalue weighted by molar-refractivity contribution is -0.121. The summed E-state index contributed by atoms with van der Waals surface area (Å²) in [5.41, 5.74) is 2.77. The maximum absolute atomic E-state index is 12.1. The van der Waals surface area contributed by atoms with Crippen LogP contribution in [0.1, 0.15) is 24.0 Å². The van der Waals surface area contributed by atoms with Crippen molar-refractivity contribution in [2.45, 2.75) is 26.7 Å². The highest BCUT2D eigenvalue weighted by atomic mass is 32.2. The molecule has 28 heavy (non-hydrogen) atoms. The lowest BCUT2D eigenvalue weighted by Gasteiger charge is -2.22. The SMILES string of the molecule is Cc1ccc(OCCNC(=O)CCCN(c2cccc(C)c2)S(C)(=O)=O)cc1. The Labute approximate surface area is 167 Å². The molecule has 1 amide bonds. The summed E-state index contributed by atoms with van der Waals surface area (Å²) >= 11 is 0. The number of benzene rings is 2. The molecule has 2 aromatic rings. The second kappa shape index (κ2) is 10.1. The van der Waals surface area contributed by atoms with E-state index in [4.69, 9.17) is 4.74 Å². The smallest absolute Gasteiger partial charge is 0.232 e. The molecule has 0 spiro atoms. The fraction of sp³-hybridized carbons (Fsp3) is 0.381. The molecule has 6 nitrogen and oxygen atoms in total. The van der Waals surface area contributed by atoms with Crippen molar-refractivity contribution in [3.05, 3.63) is 59.7 Å². The van der Waals surface area contributed by atoms with Crippen LogP contribution in [-0.2, 0) is 14.8 Å². The molecule has 0 atom stereocenters. The van der Waals surface area contributed by atoms with E-state index >= 15 is 0 Å². The second-order valence-electron chi connectivity index (χ2n) is 6.79. The summed E-state index contributed by atoms with van der Waals surface area (Å²) in [5, 5.41) is 2.79. The van der Waals surface area contributed by atoms with Gasteiger partial charge in [0, 0.05) is 13.0 Å². The van der Waals surface area contributed by atoms with Crippen LogP contribution in [0, 0.1) is 13.8 Å². The van der Waals surface area contributed by atoms with Crippen molar-refractivity contribution >= 4 is 21.6 Å². The van der Waals surface area contributed by atoms with Gasteiger partial charge in [0.2, 0.25) is 15.9 Å². The number of hydrogen-bond donors (Lipinski definition) is 1. The van der Waals surface area contributed by atoms with E-state index in [0.29, 0.717) is 25.3 Å². The number of amides is 1. The van der Waals surface area contributed by atoms with Crippen molar-refractivity contribution in [1.29, 1.82) is 0 Å². The van der Waals surface area contributed by atoms with Crippen LogP contribution in [0.4, 0.5) is 5.69 Å². The van der Waals surface area contributed by atoms with Crippen molar-refractivity contribution in [3.8, 4) is 5.75 Å². The van der Waals surface area contributed by atoms with Gasteiger partial charge >= 0.3 is 0 Å². The molecule has 0 radical (unpaired) electrons. The van der Waals surface area contributed by atoms with Gasteiger partial charge in [0.05, 0.1) is 18.5 Å². The Hall–Kier alpha value is -2.54. The zero-order valence-electron chi connectivity index (χ0n) is 16.6. The zero-order chi connectivity index (χ0) is 20.6. The molecule has 0 saturated carbocycles. The van der Waals surface area contributed by atoms with Gasteiger partial charge in [-0.25, -0.2) is 8.42 Å². The molecule has 0 aliphatic rings. The predicted molar refractivity (Wildman–Crippen MR) is 112 cm³/mol. The van der Waals surface area contributed by atoms with Crippen LogP contribution in [0.2, 0.25) is 0 Å². The first kappa shape index (κ1) is 21.8. The highest BCUT2D eigenvalue weighted by Crippen LogP contribution is 2.19. The van der Waals surface area contributed by atoms with Gasteiger partial charge in [-0.15, -0.1) is 0 Å². The fourth-order valence-electron chi connectivity index (χ4n) is 2.73. The number of rotatable bonds is 10. The quantitative estimate of drug-likeness (QED) is 0.618. The summed E-state index contributed by atoms with van der Waals surface area (Å²) in [6, 6.07) is 15.0. The average Bonchev–Trinajstić information content (AvgIpc) is 2.63. The third kappa shape index (κ3) is 7.23. The highest BCUT2D eigenvalue weighted by Gasteiger charge is 2.17. The van der Waals surface area contributed by atoms with E-state index in [-0.39, 0.29) is 18.9 Å². The lowest BCUT2D eigenvalue weighted by atomic mass is 10.2. The van der Waals surface area contributed by atoms with Crippen molar-refractivity contribution in [2.75, 3.05) is 30.3 Å². The van der Waals surface area contributed by atoms with Gasteiger partial charge < -0.3 is 10.1 Å². The molecule has 0 saturated heterocycles. The maximum Gasteiger partial charge on any atom is 0.232 e. The Morgan fingerprint density at radius 3 is 2.43 bits per heavy atom. The van der Waals surface area contributed by atoms with Gasteiger partial charge in [-0.05, 0) is 50.1 Å². The van der Waals surface area contributed by atoms with Crippen LogP contribution in [0.3, 0.4) is 0 Å². The maximum atomic E-state index is 12.1. The molecule has 2 rings (SSSR count). The van der Waals surface area contributed by atoms with E-state index < -0.39 is 10.0 Å². The Balaban J connectivity index is 1.74. The topological polar surface area (TPSA) is 75.7 Å². The van der Waals surface area contributed by atoms with Crippen molar-refractivity contribution in [3.63, 3.8) is 0 Å². The number of anilines is 1. The first-order valence-electron chi connectivity index (χ1n) is 9.26. The molecule has 0 fully saturated rings. The molecular formula is C21H28N2O4S. The number of carbonyl (C=O) groups is 1. The summed E-state index contributed by atoms with van der Waals surface area (Å²) in [6.07, 6.45) is 1.87. The number of sulfonamides is 1. The minimum absolute atomic E-state index is 0.120. The van der Waals surface area contributed by atoms with E-state index in [9.17, 15) is 13.2 Å². The van der Waals surface area contributed by atoms with Gasteiger partial charge in [0.15, 0.2) is 0 Å². The molecule has 7 heteroatoms. The Bertz CT molecular complexity index is 880. The first-order valence-corrected chi connectivity index (χ1v) is 11.1. The number of hydrogen-bond acceptors (Lipinski definition) is 4. The zero-order valence-corrected chi connectivity index (χ0v) is 17.5. The molecule has 0 aromatic heterocycles. The van der Waals surface area contributed by atoms with E-state index in [1.807, 2.05) is 56.3 Å². The fourth-order valence-corrected chi connectivity index (χ4v) is 3.69. The van der Waals surface area contributed by atoms with Gasteiger partial charge in [-0.3, -0.25) is 9.10 Å². The van der Waals surface area contributed by atoms with E-state index in [1.165, 1.54) is 10.6 Å². The van der Waals surface area contributed by atoms with Crippen LogP contribution in [0.15, 0.2) is 48.5 Å². The number of nitrogens with zero attached hydrogens (tertiary/aromatic N) is 1. The highest BCUT2D eigenvalue weighted by molar-refractivity contribution is 7.92. The molecule has 0 bridgehead atoms. The van der Waals surface area contributed by atoms with Crippen LogP contribution >= 0.6 is 0 Å². The van der Waals surface area contributed by atoms with E-state index in [2.05, 4.69) is 5.32 Å². The van der Waals surface area contributed by atoms with E-state index in [0.717, 1.165) is 16.9 Å². The van der Waals surface area contributed by atoms with Crippen molar-refractivity contribution in [2.24, 2.45) is 0 Å². The Kier molecular flexibility index (Phi) is 7.87. The Morgan fingerprint density at radius 1 is 1.07 bits per heavy atom. The van der Waals surface area contributed by atoms with Crippen LogP contribution in [-0.4, -0.2) is 40.3 Å². The number of nitrogens with one attached hydrogen (secondary N) is 1. The third-order valence-corrected chi connectivity index (χ3v) is 5.36. The van der Waals surface area contributed by atoms with Gasteiger partial charge in [-0.1, -0.05) is 29.8 Å². The van der Waals surface area contributed by atoms with E-state index in [1.54, 1.807) is 6.07 Å². The molecule has 0 unspecified atom stereocenters. The Morgan fingerprint density at radius 2 is 1.79 bits per heavy atom. The standard InChI is InChI=1S/C21H28N2O4S/c1-17-9-11-20(12-10-17)27-15-13-22-21(24)8-5-14-23(28(3,25)26)19-7-4-6-18(2)16-19/h4,6-7,9-12,16H,5,8,13-15H2,1-3H3,(H,22,24). The minimum atomic E-state index is -3.41. The molecular weight excluding hydrogens is 376 g/mol. The summed E-state index contributed by atoms with van der Waals surface area (Å²) in [5.74, 6) is 0.645. The minimum Gasteiger partial charge on any atom is -0.492 e. The molecule has 2 aromatic carbocycles. The summed E-state index contributed by atoms with van der Waals surface area (Å²) in [6.45, 7) is 4.97. The van der Waals surface area contributed by atoms with Crippen molar-refractivity contribution in [1.82, 2.24) is 5.32 Å². The molecule has 1 N–H and O–H groups in total. The number of ether oxygens (including phenoxy) is 1. The molecule has 152 valence electrons. The lowest BCUT2D eigenvalue weighted by Crippen LogP contribution is -2.33. The molecule has 0 heterocycles. The number of carbonyl (C=O) groups excluding carboxylic acids is 1. The predicted octanol–water partition coefficient (Wildman–Crippen LogP) is 3.04.